The van der Waals surface area contributed by atoms with Gasteiger partial charge in [0.05, 0.1) is 12.1 Å². The molecule has 1 aliphatic rings. The summed E-state index contributed by atoms with van der Waals surface area (Å²) in [6, 6.07) is 5.44. The van der Waals surface area contributed by atoms with Gasteiger partial charge in [0.1, 0.15) is 5.75 Å². The molecular weight excluding hydrogens is 439 g/mol. The zero-order chi connectivity index (χ0) is 16.7. The standard InChI is InChI=1S/C17H27ClN4O.HI/c1-13-6-10-22(11-7-13)9-3-8-20-17(19)21-14-4-5-16(23-2)15(18)12-14;/h4-5,12-13H,3,6-11H2,1-2H3,(H3,19,20,21);1H. The van der Waals surface area contributed by atoms with Crippen LogP contribution in [0.25, 0.3) is 0 Å². The number of anilines is 1. The monoisotopic (exact) mass is 466 g/mol. The van der Waals surface area contributed by atoms with Crippen LogP contribution in [0.1, 0.15) is 26.2 Å². The number of methoxy groups -OCH3 is 1. The van der Waals surface area contributed by atoms with Crippen LogP contribution < -0.4 is 15.8 Å². The average molecular weight is 467 g/mol. The fourth-order valence-electron chi connectivity index (χ4n) is 2.71. The molecule has 2 rings (SSSR count). The molecule has 0 unspecified atom stereocenters. The lowest BCUT2D eigenvalue weighted by Gasteiger charge is -2.29. The van der Waals surface area contributed by atoms with Gasteiger partial charge in [-0.15, -0.1) is 24.0 Å². The summed E-state index contributed by atoms with van der Waals surface area (Å²) < 4.78 is 5.12. The van der Waals surface area contributed by atoms with Crippen LogP contribution in [-0.2, 0) is 0 Å². The molecular formula is C17H28ClIN4O. The highest BCUT2D eigenvalue weighted by atomic mass is 127. The van der Waals surface area contributed by atoms with Gasteiger partial charge in [0.2, 0.25) is 0 Å². The summed E-state index contributed by atoms with van der Waals surface area (Å²) in [5, 5.41) is 3.60. The van der Waals surface area contributed by atoms with Crippen LogP contribution in [0.2, 0.25) is 5.02 Å². The normalized spacial score (nSPS) is 16.5. The molecule has 0 amide bonds. The smallest absolute Gasteiger partial charge is 0.193 e. The van der Waals surface area contributed by atoms with Crippen LogP contribution in [0.4, 0.5) is 5.69 Å². The summed E-state index contributed by atoms with van der Waals surface area (Å²) in [6.07, 6.45) is 3.65. The van der Waals surface area contributed by atoms with Gasteiger partial charge in [0.25, 0.3) is 0 Å². The molecule has 5 nitrogen and oxygen atoms in total. The first-order valence-electron chi connectivity index (χ1n) is 8.21. The molecule has 24 heavy (non-hydrogen) atoms. The second kappa shape index (κ2) is 11.0. The van der Waals surface area contributed by atoms with E-state index in [2.05, 4.69) is 22.1 Å². The third kappa shape index (κ3) is 7.03. The van der Waals surface area contributed by atoms with E-state index in [1.165, 1.54) is 25.9 Å². The Hall–Kier alpha value is -0.730. The maximum Gasteiger partial charge on any atom is 0.193 e. The van der Waals surface area contributed by atoms with E-state index in [-0.39, 0.29) is 24.0 Å². The minimum atomic E-state index is 0. The molecule has 7 heteroatoms. The van der Waals surface area contributed by atoms with Crippen molar-refractivity contribution in [3.63, 3.8) is 0 Å². The minimum Gasteiger partial charge on any atom is -0.495 e. The molecule has 3 N–H and O–H groups in total. The van der Waals surface area contributed by atoms with E-state index in [0.717, 1.165) is 31.1 Å². The van der Waals surface area contributed by atoms with Gasteiger partial charge in [-0.1, -0.05) is 18.5 Å². The SMILES string of the molecule is COc1ccc(NC(N)=NCCCN2CCC(C)CC2)cc1Cl.I. The van der Waals surface area contributed by atoms with E-state index in [9.17, 15) is 0 Å². The van der Waals surface area contributed by atoms with Crippen molar-refractivity contribution in [1.82, 2.24) is 4.90 Å². The van der Waals surface area contributed by atoms with Crippen molar-refractivity contribution in [2.24, 2.45) is 16.6 Å². The van der Waals surface area contributed by atoms with Gasteiger partial charge in [-0.2, -0.15) is 0 Å². The predicted octanol–water partition coefficient (Wildman–Crippen LogP) is 3.82. The topological polar surface area (TPSA) is 62.9 Å². The lowest BCUT2D eigenvalue weighted by molar-refractivity contribution is 0.192. The molecule has 1 aliphatic heterocycles. The molecule has 0 bridgehead atoms. The van der Waals surface area contributed by atoms with Crippen molar-refractivity contribution in [3.05, 3.63) is 23.2 Å². The number of benzene rings is 1. The molecule has 1 aromatic carbocycles. The Kier molecular flexibility index (Phi) is 9.76. The quantitative estimate of drug-likeness (QED) is 0.290. The number of likely N-dealkylation sites (tertiary alicyclic amines) is 1. The van der Waals surface area contributed by atoms with Gasteiger partial charge in [0.15, 0.2) is 5.96 Å². The van der Waals surface area contributed by atoms with Crippen LogP contribution in [0, 0.1) is 5.92 Å². The number of hydrogen-bond donors (Lipinski definition) is 2. The van der Waals surface area contributed by atoms with E-state index in [1.54, 1.807) is 19.2 Å². The summed E-state index contributed by atoms with van der Waals surface area (Å²) in [5.41, 5.74) is 6.72. The molecule has 0 aliphatic carbocycles. The third-order valence-corrected chi connectivity index (χ3v) is 4.51. The van der Waals surface area contributed by atoms with E-state index in [1.807, 2.05) is 6.07 Å². The number of piperidine rings is 1. The average Bonchev–Trinajstić information content (AvgIpc) is 2.53. The highest BCUT2D eigenvalue weighted by Crippen LogP contribution is 2.27. The second-order valence-corrected chi connectivity index (χ2v) is 6.53. The summed E-state index contributed by atoms with van der Waals surface area (Å²) >= 11 is 6.08. The fourth-order valence-corrected chi connectivity index (χ4v) is 2.97. The van der Waals surface area contributed by atoms with Gasteiger partial charge >= 0.3 is 0 Å². The number of nitrogens with zero attached hydrogens (tertiary/aromatic N) is 2. The molecule has 1 aromatic rings. The Morgan fingerprint density at radius 1 is 1.42 bits per heavy atom. The number of nitrogens with one attached hydrogen (secondary N) is 1. The third-order valence-electron chi connectivity index (χ3n) is 4.22. The fraction of sp³-hybridized carbons (Fsp3) is 0.588. The second-order valence-electron chi connectivity index (χ2n) is 6.12. The van der Waals surface area contributed by atoms with Crippen molar-refractivity contribution in [2.45, 2.75) is 26.2 Å². The van der Waals surface area contributed by atoms with Crippen LogP contribution in [0.5, 0.6) is 5.75 Å². The number of guanidine groups is 1. The highest BCUT2D eigenvalue weighted by Gasteiger charge is 2.14. The number of rotatable bonds is 6. The van der Waals surface area contributed by atoms with Crippen molar-refractivity contribution >= 4 is 47.2 Å². The Morgan fingerprint density at radius 2 is 2.12 bits per heavy atom. The largest absolute Gasteiger partial charge is 0.495 e. The van der Waals surface area contributed by atoms with Crippen molar-refractivity contribution < 1.29 is 4.74 Å². The molecule has 0 atom stereocenters. The number of ether oxygens (including phenoxy) is 1. The number of aliphatic imine (C=N–C) groups is 1. The lowest BCUT2D eigenvalue weighted by atomic mass is 9.99. The molecule has 1 heterocycles. The first-order chi connectivity index (χ1) is 11.1. The number of halogens is 2. The zero-order valence-corrected chi connectivity index (χ0v) is 17.5. The van der Waals surface area contributed by atoms with Crippen molar-refractivity contribution in [1.29, 1.82) is 0 Å². The van der Waals surface area contributed by atoms with Crippen LogP contribution in [0.3, 0.4) is 0 Å². The first-order valence-corrected chi connectivity index (χ1v) is 8.59. The summed E-state index contributed by atoms with van der Waals surface area (Å²) in [6.45, 7) is 6.58. The predicted molar refractivity (Wildman–Crippen MR) is 113 cm³/mol. The van der Waals surface area contributed by atoms with E-state index in [4.69, 9.17) is 22.1 Å². The van der Waals surface area contributed by atoms with Gasteiger partial charge in [-0.25, -0.2) is 0 Å². The molecule has 0 spiro atoms. The summed E-state index contributed by atoms with van der Waals surface area (Å²) in [5.74, 6) is 1.93. The van der Waals surface area contributed by atoms with Gasteiger partial charge in [-0.3, -0.25) is 4.99 Å². The highest BCUT2D eigenvalue weighted by molar-refractivity contribution is 14.0. The van der Waals surface area contributed by atoms with Gasteiger partial charge in [-0.05, 0) is 63.0 Å². The first kappa shape index (κ1) is 21.3. The minimum absolute atomic E-state index is 0. The van der Waals surface area contributed by atoms with Crippen LogP contribution >= 0.6 is 35.6 Å². The Morgan fingerprint density at radius 3 is 2.75 bits per heavy atom. The van der Waals surface area contributed by atoms with E-state index >= 15 is 0 Å². The maximum atomic E-state index is 6.08. The maximum absolute atomic E-state index is 6.08. The Bertz CT molecular complexity index is 533. The molecule has 0 saturated carbocycles. The van der Waals surface area contributed by atoms with Crippen molar-refractivity contribution in [3.8, 4) is 5.75 Å². The van der Waals surface area contributed by atoms with Crippen LogP contribution in [0.15, 0.2) is 23.2 Å². The lowest BCUT2D eigenvalue weighted by Crippen LogP contribution is -2.34. The Balaban J connectivity index is 0.00000288. The molecule has 0 aromatic heterocycles. The zero-order valence-electron chi connectivity index (χ0n) is 14.4. The van der Waals surface area contributed by atoms with Crippen molar-refractivity contribution in [2.75, 3.05) is 38.6 Å². The molecule has 1 fully saturated rings. The number of hydrogen-bond acceptors (Lipinski definition) is 3. The van der Waals surface area contributed by atoms with Gasteiger partial charge in [0, 0.05) is 12.2 Å². The number of nitrogens with two attached hydrogens (primary N) is 1. The molecule has 0 radical (unpaired) electrons. The Labute approximate surface area is 167 Å². The molecule has 136 valence electrons. The van der Waals surface area contributed by atoms with Crippen LogP contribution in [-0.4, -0.2) is 44.1 Å². The molecule has 1 saturated heterocycles. The summed E-state index contributed by atoms with van der Waals surface area (Å²) in [4.78, 5) is 6.89. The summed E-state index contributed by atoms with van der Waals surface area (Å²) in [7, 11) is 1.59. The van der Waals surface area contributed by atoms with E-state index < -0.39 is 0 Å². The van der Waals surface area contributed by atoms with Gasteiger partial charge < -0.3 is 20.7 Å². The van der Waals surface area contributed by atoms with E-state index in [0.29, 0.717) is 16.7 Å².